The standard InChI is InChI=1S/C19H20N4O2.HI/c1-13-6-8-14(9-7-13)18-22-16(12-25-18)11-21-19(20)23-15-4-3-5-17(10-15)24-2;/h3-10,12H,11H2,1-2H3,(H3,20,21,23);1H. The first-order valence-electron chi connectivity index (χ1n) is 7.86. The Morgan fingerprint density at radius 2 is 2.00 bits per heavy atom. The number of hydrogen-bond acceptors (Lipinski definition) is 4. The quantitative estimate of drug-likeness (QED) is 0.336. The van der Waals surface area contributed by atoms with Crippen molar-refractivity contribution in [3.05, 3.63) is 66.1 Å². The summed E-state index contributed by atoms with van der Waals surface area (Å²) in [6, 6.07) is 15.5. The summed E-state index contributed by atoms with van der Waals surface area (Å²) in [5.74, 6) is 1.62. The van der Waals surface area contributed by atoms with E-state index >= 15 is 0 Å². The molecule has 136 valence electrons. The van der Waals surface area contributed by atoms with Gasteiger partial charge in [0, 0.05) is 17.3 Å². The molecule has 1 aromatic heterocycles. The molecular weight excluding hydrogens is 443 g/mol. The van der Waals surface area contributed by atoms with E-state index in [1.807, 2.05) is 55.5 Å². The lowest BCUT2D eigenvalue weighted by atomic mass is 10.1. The van der Waals surface area contributed by atoms with E-state index in [1.54, 1.807) is 13.4 Å². The highest BCUT2D eigenvalue weighted by Gasteiger charge is 2.06. The lowest BCUT2D eigenvalue weighted by molar-refractivity contribution is 0.415. The van der Waals surface area contributed by atoms with E-state index in [2.05, 4.69) is 15.3 Å². The highest BCUT2D eigenvalue weighted by molar-refractivity contribution is 14.0. The van der Waals surface area contributed by atoms with E-state index in [-0.39, 0.29) is 24.0 Å². The molecule has 7 heteroatoms. The van der Waals surface area contributed by atoms with Crippen molar-refractivity contribution in [3.63, 3.8) is 0 Å². The summed E-state index contributed by atoms with van der Waals surface area (Å²) in [5.41, 5.74) is 9.56. The number of halogens is 1. The normalized spacial score (nSPS) is 10.9. The van der Waals surface area contributed by atoms with Crippen molar-refractivity contribution in [2.75, 3.05) is 12.4 Å². The number of rotatable bonds is 5. The van der Waals surface area contributed by atoms with Crippen LogP contribution in [-0.4, -0.2) is 18.1 Å². The molecule has 26 heavy (non-hydrogen) atoms. The fraction of sp³-hybridized carbons (Fsp3) is 0.158. The van der Waals surface area contributed by atoms with Gasteiger partial charge in [0.05, 0.1) is 13.7 Å². The van der Waals surface area contributed by atoms with Gasteiger partial charge in [0.2, 0.25) is 5.89 Å². The molecule has 0 unspecified atom stereocenters. The number of benzene rings is 2. The molecule has 3 N–H and O–H groups in total. The van der Waals surface area contributed by atoms with Crippen molar-refractivity contribution in [1.29, 1.82) is 0 Å². The van der Waals surface area contributed by atoms with Crippen LogP contribution in [-0.2, 0) is 6.54 Å². The molecule has 0 aliphatic rings. The second kappa shape index (κ2) is 9.23. The third-order valence-electron chi connectivity index (χ3n) is 3.60. The van der Waals surface area contributed by atoms with Crippen LogP contribution in [0.2, 0.25) is 0 Å². The number of nitrogens with zero attached hydrogens (tertiary/aromatic N) is 2. The van der Waals surface area contributed by atoms with Crippen molar-refractivity contribution >= 4 is 35.6 Å². The third kappa shape index (κ3) is 5.22. The predicted molar refractivity (Wildman–Crippen MR) is 114 cm³/mol. The zero-order chi connectivity index (χ0) is 17.6. The number of nitrogens with one attached hydrogen (secondary N) is 1. The molecular formula is C19H21IN4O2. The van der Waals surface area contributed by atoms with E-state index in [0.717, 1.165) is 17.0 Å². The van der Waals surface area contributed by atoms with Gasteiger partial charge in [-0.3, -0.25) is 0 Å². The fourth-order valence-corrected chi connectivity index (χ4v) is 2.26. The number of nitrogens with two attached hydrogens (primary N) is 1. The van der Waals surface area contributed by atoms with Gasteiger partial charge in [-0.25, -0.2) is 9.98 Å². The van der Waals surface area contributed by atoms with Crippen molar-refractivity contribution < 1.29 is 9.15 Å². The number of aryl methyl sites for hydroxylation is 1. The minimum atomic E-state index is 0. The molecule has 0 saturated carbocycles. The number of aliphatic imine (C=N–C) groups is 1. The Morgan fingerprint density at radius 3 is 2.73 bits per heavy atom. The second-order valence-electron chi connectivity index (χ2n) is 5.57. The first-order valence-corrected chi connectivity index (χ1v) is 7.86. The van der Waals surface area contributed by atoms with E-state index in [1.165, 1.54) is 5.56 Å². The Kier molecular flexibility index (Phi) is 7.02. The summed E-state index contributed by atoms with van der Waals surface area (Å²) in [7, 11) is 1.62. The molecule has 3 rings (SSSR count). The largest absolute Gasteiger partial charge is 0.497 e. The maximum atomic E-state index is 5.92. The van der Waals surface area contributed by atoms with Crippen LogP contribution in [0.1, 0.15) is 11.3 Å². The molecule has 0 spiro atoms. The number of oxazole rings is 1. The van der Waals surface area contributed by atoms with Gasteiger partial charge in [0.15, 0.2) is 5.96 Å². The molecule has 3 aromatic rings. The minimum absolute atomic E-state index is 0. The minimum Gasteiger partial charge on any atom is -0.497 e. The first-order chi connectivity index (χ1) is 12.1. The summed E-state index contributed by atoms with van der Waals surface area (Å²) in [6.45, 7) is 2.37. The topological polar surface area (TPSA) is 85.7 Å². The molecule has 0 saturated heterocycles. The molecule has 1 heterocycles. The van der Waals surface area contributed by atoms with Crippen LogP contribution < -0.4 is 15.8 Å². The number of methoxy groups -OCH3 is 1. The molecule has 0 aliphatic carbocycles. The Balaban J connectivity index is 0.00000243. The van der Waals surface area contributed by atoms with Gasteiger partial charge in [-0.05, 0) is 31.2 Å². The smallest absolute Gasteiger partial charge is 0.226 e. The fourth-order valence-electron chi connectivity index (χ4n) is 2.26. The van der Waals surface area contributed by atoms with Gasteiger partial charge >= 0.3 is 0 Å². The highest BCUT2D eigenvalue weighted by atomic mass is 127. The van der Waals surface area contributed by atoms with Crippen molar-refractivity contribution in [1.82, 2.24) is 4.98 Å². The lowest BCUT2D eigenvalue weighted by Gasteiger charge is -2.06. The Labute approximate surface area is 169 Å². The molecule has 0 atom stereocenters. The molecule has 2 aromatic carbocycles. The van der Waals surface area contributed by atoms with Gasteiger partial charge in [0.1, 0.15) is 17.7 Å². The monoisotopic (exact) mass is 464 g/mol. The summed E-state index contributed by atoms with van der Waals surface area (Å²) in [4.78, 5) is 8.73. The van der Waals surface area contributed by atoms with Gasteiger partial charge in [-0.1, -0.05) is 23.8 Å². The summed E-state index contributed by atoms with van der Waals surface area (Å²) in [5, 5.41) is 3.02. The molecule has 0 radical (unpaired) electrons. The summed E-state index contributed by atoms with van der Waals surface area (Å²) in [6.07, 6.45) is 1.59. The van der Waals surface area contributed by atoms with Gasteiger partial charge < -0.3 is 20.2 Å². The highest BCUT2D eigenvalue weighted by Crippen LogP contribution is 2.19. The van der Waals surface area contributed by atoms with Crippen LogP contribution in [0.4, 0.5) is 5.69 Å². The van der Waals surface area contributed by atoms with Crippen molar-refractivity contribution in [2.45, 2.75) is 13.5 Å². The van der Waals surface area contributed by atoms with Crippen LogP contribution in [0.25, 0.3) is 11.5 Å². The average Bonchev–Trinajstić information content (AvgIpc) is 3.10. The van der Waals surface area contributed by atoms with E-state index in [9.17, 15) is 0 Å². The van der Waals surface area contributed by atoms with Crippen LogP contribution in [0.3, 0.4) is 0 Å². The van der Waals surface area contributed by atoms with Gasteiger partial charge in [-0.15, -0.1) is 24.0 Å². The zero-order valence-corrected chi connectivity index (χ0v) is 16.9. The summed E-state index contributed by atoms with van der Waals surface area (Å²) < 4.78 is 10.7. The number of aromatic nitrogens is 1. The molecule has 0 aliphatic heterocycles. The van der Waals surface area contributed by atoms with Crippen LogP contribution >= 0.6 is 24.0 Å². The molecule has 0 bridgehead atoms. The van der Waals surface area contributed by atoms with Gasteiger partial charge in [-0.2, -0.15) is 0 Å². The van der Waals surface area contributed by atoms with Crippen LogP contribution in [0.15, 0.2) is 64.2 Å². The average molecular weight is 464 g/mol. The SMILES string of the molecule is COc1cccc(NC(N)=NCc2coc(-c3ccc(C)cc3)n2)c1.I. The van der Waals surface area contributed by atoms with E-state index in [0.29, 0.717) is 24.1 Å². The van der Waals surface area contributed by atoms with Crippen LogP contribution in [0.5, 0.6) is 5.75 Å². The zero-order valence-electron chi connectivity index (χ0n) is 14.6. The number of guanidine groups is 1. The maximum Gasteiger partial charge on any atom is 0.226 e. The van der Waals surface area contributed by atoms with Crippen molar-refractivity contribution in [2.24, 2.45) is 10.7 Å². The lowest BCUT2D eigenvalue weighted by Crippen LogP contribution is -2.22. The molecule has 6 nitrogen and oxygen atoms in total. The first kappa shape index (κ1) is 19.8. The Hall–Kier alpha value is -2.55. The van der Waals surface area contributed by atoms with Crippen LogP contribution in [0, 0.1) is 6.92 Å². The number of anilines is 1. The Morgan fingerprint density at radius 1 is 1.23 bits per heavy atom. The maximum absolute atomic E-state index is 5.92. The number of hydrogen-bond donors (Lipinski definition) is 2. The molecule has 0 amide bonds. The van der Waals surface area contributed by atoms with Crippen molar-refractivity contribution in [3.8, 4) is 17.2 Å². The number of ether oxygens (including phenoxy) is 1. The van der Waals surface area contributed by atoms with E-state index < -0.39 is 0 Å². The Bertz CT molecular complexity index is 875. The summed E-state index contributed by atoms with van der Waals surface area (Å²) >= 11 is 0. The van der Waals surface area contributed by atoms with Gasteiger partial charge in [0.25, 0.3) is 0 Å². The third-order valence-corrected chi connectivity index (χ3v) is 3.60. The second-order valence-corrected chi connectivity index (χ2v) is 5.57. The molecule has 0 fully saturated rings. The predicted octanol–water partition coefficient (Wildman–Crippen LogP) is 4.20. The van der Waals surface area contributed by atoms with E-state index in [4.69, 9.17) is 14.9 Å².